The lowest BCUT2D eigenvalue weighted by molar-refractivity contribution is -0.0970. The van der Waals surface area contributed by atoms with Crippen molar-refractivity contribution in [1.29, 1.82) is 0 Å². The molecule has 3 aromatic heterocycles. The quantitative estimate of drug-likeness (QED) is 0.201. The molecule has 2 saturated carbocycles. The van der Waals surface area contributed by atoms with Gasteiger partial charge in [0.1, 0.15) is 28.0 Å². The predicted molar refractivity (Wildman–Crippen MR) is 197 cm³/mol. The maximum absolute atomic E-state index is 17.2. The van der Waals surface area contributed by atoms with Crippen LogP contribution in [0.15, 0.2) is 12.3 Å². The van der Waals surface area contributed by atoms with E-state index >= 15 is 4.39 Å². The number of hydrogen-bond donors (Lipinski definition) is 3. The Morgan fingerprint density at radius 1 is 1.17 bits per heavy atom. The molecule has 8 rings (SSSR count). The van der Waals surface area contributed by atoms with Gasteiger partial charge < -0.3 is 29.3 Å². The van der Waals surface area contributed by atoms with Crippen LogP contribution in [0.4, 0.5) is 10.2 Å². The lowest BCUT2D eigenvalue weighted by Gasteiger charge is -2.55. The summed E-state index contributed by atoms with van der Waals surface area (Å²) in [6.45, 7) is 9.89. The number of halogens is 2. The molecule has 2 saturated heterocycles. The number of nitrogens with zero attached hydrogens (tertiary/aromatic N) is 6. The van der Waals surface area contributed by atoms with Crippen molar-refractivity contribution in [3.63, 3.8) is 0 Å². The number of aromatic amines is 1. The number of H-pyrrole nitrogens is 1. The van der Waals surface area contributed by atoms with Crippen LogP contribution in [0.1, 0.15) is 71.3 Å². The van der Waals surface area contributed by atoms with Crippen molar-refractivity contribution in [3.8, 4) is 23.1 Å². The zero-order chi connectivity index (χ0) is 36.6. The van der Waals surface area contributed by atoms with Crippen molar-refractivity contribution in [3.05, 3.63) is 28.7 Å². The maximum atomic E-state index is 17.2. The first-order chi connectivity index (χ1) is 24.8. The molecule has 0 radical (unpaired) electrons. The minimum atomic E-state index is -1.19. The monoisotopic (exact) mass is 737 g/mol. The van der Waals surface area contributed by atoms with E-state index in [1.165, 1.54) is 7.11 Å². The van der Waals surface area contributed by atoms with Gasteiger partial charge in [-0.15, -0.1) is 0 Å². The zero-order valence-corrected chi connectivity index (χ0v) is 31.4. The number of benzene rings is 1. The summed E-state index contributed by atoms with van der Waals surface area (Å²) >= 11 is 6.87. The van der Waals surface area contributed by atoms with E-state index in [0.717, 1.165) is 57.1 Å². The van der Waals surface area contributed by atoms with Gasteiger partial charge in [-0.1, -0.05) is 18.0 Å². The molecule has 280 valence electrons. The fourth-order valence-corrected chi connectivity index (χ4v) is 9.59. The van der Waals surface area contributed by atoms with Crippen molar-refractivity contribution >= 4 is 39.2 Å². The minimum Gasteiger partial charge on any atom is -0.480 e. The number of hydrogen-bond acceptors (Lipinski definition) is 11. The number of piperidine rings is 1. The lowest BCUT2D eigenvalue weighted by Crippen LogP contribution is -2.60. The smallest absolute Gasteiger partial charge is 0.319 e. The third kappa shape index (κ3) is 6.15. The van der Waals surface area contributed by atoms with Crippen LogP contribution in [0.25, 0.3) is 33.1 Å². The van der Waals surface area contributed by atoms with Crippen LogP contribution in [0, 0.1) is 24.1 Å². The molecule has 0 bridgehead atoms. The Morgan fingerprint density at radius 3 is 2.73 bits per heavy atom. The number of fused-ring (bicyclic) bond motifs is 3. The van der Waals surface area contributed by atoms with Gasteiger partial charge in [-0.05, 0) is 90.3 Å². The van der Waals surface area contributed by atoms with E-state index in [1.54, 1.807) is 13.1 Å². The Bertz CT molecular complexity index is 2000. The number of pyridine rings is 1. The molecule has 3 N–H and O–H groups in total. The first-order valence-electron chi connectivity index (χ1n) is 18.5. The molecule has 52 heavy (non-hydrogen) atoms. The van der Waals surface area contributed by atoms with E-state index in [1.807, 2.05) is 31.7 Å². The normalized spacial score (nSPS) is 28.6. The second kappa shape index (κ2) is 13.2. The molecule has 1 aromatic carbocycles. The van der Waals surface area contributed by atoms with E-state index in [9.17, 15) is 10.2 Å². The van der Waals surface area contributed by atoms with Crippen molar-refractivity contribution in [1.82, 2.24) is 30.0 Å². The van der Waals surface area contributed by atoms with Crippen molar-refractivity contribution in [2.75, 3.05) is 51.5 Å². The van der Waals surface area contributed by atoms with Gasteiger partial charge in [0.2, 0.25) is 5.88 Å². The molecule has 2 aliphatic carbocycles. The predicted octanol–water partition coefficient (Wildman–Crippen LogP) is 5.83. The van der Waals surface area contributed by atoms with E-state index in [4.69, 9.17) is 40.8 Å². The number of ether oxygens (including phenoxy) is 3. The average Bonchev–Trinajstić information content (AvgIpc) is 3.68. The molecule has 4 aromatic rings. The highest BCUT2D eigenvalue weighted by Gasteiger charge is 2.53. The molecule has 12 nitrogen and oxygen atoms in total. The summed E-state index contributed by atoms with van der Waals surface area (Å²) in [4.78, 5) is 18.9. The number of nitrogens with one attached hydrogen (secondary N) is 1. The van der Waals surface area contributed by atoms with Gasteiger partial charge in [0.25, 0.3) is 0 Å². The molecule has 3 atom stereocenters. The summed E-state index contributed by atoms with van der Waals surface area (Å²) in [6.07, 6.45) is 8.95. The van der Waals surface area contributed by atoms with Crippen LogP contribution < -0.4 is 14.4 Å². The second-order valence-corrected chi connectivity index (χ2v) is 16.8. The molecule has 4 aliphatic rings. The van der Waals surface area contributed by atoms with Gasteiger partial charge in [0.05, 0.1) is 55.8 Å². The Labute approximate surface area is 308 Å². The average molecular weight is 738 g/mol. The number of aryl methyl sites for hydroxylation is 1. The first-order valence-corrected chi connectivity index (χ1v) is 18.9. The van der Waals surface area contributed by atoms with Crippen molar-refractivity contribution in [2.24, 2.45) is 11.3 Å². The molecule has 2 aliphatic heterocycles. The largest absolute Gasteiger partial charge is 0.480 e. The minimum absolute atomic E-state index is 0.0150. The summed E-state index contributed by atoms with van der Waals surface area (Å²) in [7, 11) is 1.48. The highest BCUT2D eigenvalue weighted by Crippen LogP contribution is 2.52. The van der Waals surface area contributed by atoms with Crippen LogP contribution in [0.2, 0.25) is 5.02 Å². The maximum Gasteiger partial charge on any atom is 0.319 e. The topological polar surface area (TPSA) is 142 Å². The van der Waals surface area contributed by atoms with Crippen molar-refractivity contribution in [2.45, 2.75) is 95.9 Å². The zero-order valence-electron chi connectivity index (χ0n) is 30.6. The molecule has 0 spiro atoms. The molecular weight excluding hydrogens is 689 g/mol. The van der Waals surface area contributed by atoms with E-state index in [-0.39, 0.29) is 47.1 Å². The van der Waals surface area contributed by atoms with Crippen LogP contribution in [-0.2, 0) is 4.74 Å². The molecule has 4 fully saturated rings. The molecule has 0 unspecified atom stereocenters. The SMILES string of the molecule is COc1nc(-c2c(Cl)c(C)cc3[nH]ncc23)c(F)c2nc(OC[C@]34CCC[C@H]3N(C3CC(C(C)(C)O)C3)CCC4)nc(N3CCOC[C@@](C)(O)C3)c12. The highest BCUT2D eigenvalue weighted by atomic mass is 35.5. The van der Waals surface area contributed by atoms with Gasteiger partial charge in [-0.25, -0.2) is 9.37 Å². The third-order valence-corrected chi connectivity index (χ3v) is 12.7. The lowest BCUT2D eigenvalue weighted by atomic mass is 9.68. The number of aromatic nitrogens is 5. The Morgan fingerprint density at radius 2 is 1.96 bits per heavy atom. The van der Waals surface area contributed by atoms with Crippen LogP contribution >= 0.6 is 11.6 Å². The Kier molecular flexibility index (Phi) is 9.04. The number of methoxy groups -OCH3 is 1. The summed E-state index contributed by atoms with van der Waals surface area (Å²) in [5.41, 5.74) is -0.162. The fraction of sp³-hybridized carbons (Fsp3) is 0.632. The number of likely N-dealkylation sites (tertiary alicyclic amines) is 1. The van der Waals surface area contributed by atoms with Gasteiger partial charge in [-0.3, -0.25) is 10.00 Å². The van der Waals surface area contributed by atoms with E-state index in [0.29, 0.717) is 65.1 Å². The summed E-state index contributed by atoms with van der Waals surface area (Å²) in [5.74, 6) is 0.0901. The van der Waals surface area contributed by atoms with Crippen LogP contribution in [0.3, 0.4) is 0 Å². The van der Waals surface area contributed by atoms with E-state index in [2.05, 4.69) is 15.1 Å². The fourth-order valence-electron chi connectivity index (χ4n) is 9.35. The van der Waals surface area contributed by atoms with Crippen molar-refractivity contribution < 1.29 is 28.8 Å². The highest BCUT2D eigenvalue weighted by molar-refractivity contribution is 6.35. The van der Waals surface area contributed by atoms with Gasteiger partial charge in [-0.2, -0.15) is 15.1 Å². The van der Waals surface area contributed by atoms with Gasteiger partial charge in [0, 0.05) is 35.0 Å². The third-order valence-electron chi connectivity index (χ3n) is 12.2. The van der Waals surface area contributed by atoms with Gasteiger partial charge in [0.15, 0.2) is 5.82 Å². The summed E-state index contributed by atoms with van der Waals surface area (Å²) in [6, 6.07) is 2.74. The number of aliphatic hydroxyl groups is 2. The molecule has 14 heteroatoms. The number of anilines is 1. The first kappa shape index (κ1) is 35.7. The van der Waals surface area contributed by atoms with E-state index < -0.39 is 17.0 Å². The summed E-state index contributed by atoms with van der Waals surface area (Å²) < 4.78 is 35.4. The second-order valence-electron chi connectivity index (χ2n) is 16.4. The summed E-state index contributed by atoms with van der Waals surface area (Å²) in [5, 5.41) is 30.1. The molecular formula is C38H49ClFN7O5. The number of β-amino-alcohol motifs (C(OH)–C–C–N with tert-alkyl or cyclic N) is 1. The Hall–Kier alpha value is -3.36. The number of rotatable bonds is 8. The van der Waals surface area contributed by atoms with Crippen LogP contribution in [0.5, 0.6) is 11.9 Å². The molecule has 5 heterocycles. The molecule has 0 amide bonds. The van der Waals surface area contributed by atoms with Gasteiger partial charge >= 0.3 is 6.01 Å². The Balaban J connectivity index is 1.21. The van der Waals surface area contributed by atoms with Crippen LogP contribution in [-0.4, -0.2) is 110 Å². The standard InChI is InChI=1S/C38H49ClFN7O5/c1-21-14-25-24(17-41-45-25)27(29(21)39)31-30(40)32-28(34(42-31)50-5)33(46-12-13-51-19-37(4,49)18-46)44-35(43-32)52-20-38-9-6-8-26(38)47(11-7-10-38)23-15-22(16-23)36(2,3)48/h14,17,22-23,26,48-49H,6-13,15-16,18-20H2,1-5H3,(H,41,45)/t22?,23?,26-,37+,38-/m1/s1.